The summed E-state index contributed by atoms with van der Waals surface area (Å²) in [6, 6.07) is 22.2. The molecule has 1 aliphatic heterocycles. The molecule has 11 heteroatoms. The van der Waals surface area contributed by atoms with Gasteiger partial charge in [-0.3, -0.25) is 10.2 Å². The number of nitrogens with one attached hydrogen (secondary N) is 1. The van der Waals surface area contributed by atoms with Gasteiger partial charge in [0.1, 0.15) is 5.75 Å². The number of hydrogen-bond acceptors (Lipinski definition) is 8. The molecule has 3 aromatic rings. The number of hydrogen-bond donors (Lipinski definition) is 3. The van der Waals surface area contributed by atoms with Gasteiger partial charge in [-0.15, -0.1) is 0 Å². The van der Waals surface area contributed by atoms with Gasteiger partial charge < -0.3 is 14.6 Å². The highest BCUT2D eigenvalue weighted by Crippen LogP contribution is 2.45. The van der Waals surface area contributed by atoms with Crippen molar-refractivity contribution in [3.8, 4) is 5.75 Å². The van der Waals surface area contributed by atoms with E-state index in [0.717, 1.165) is 0 Å². The van der Waals surface area contributed by atoms with Crippen molar-refractivity contribution >= 4 is 37.6 Å². The molecule has 0 spiro atoms. The Hall–Kier alpha value is -3.25. The van der Waals surface area contributed by atoms with Crippen molar-refractivity contribution in [1.29, 1.82) is 0 Å². The number of rotatable bonds is 11. The van der Waals surface area contributed by atoms with Gasteiger partial charge in [0.25, 0.3) is 5.91 Å². The quantitative estimate of drug-likeness (QED) is 0.132. The van der Waals surface area contributed by atoms with Crippen molar-refractivity contribution in [2.75, 3.05) is 19.0 Å². The highest BCUT2D eigenvalue weighted by molar-refractivity contribution is 9.10. The summed E-state index contributed by atoms with van der Waals surface area (Å²) in [6.07, 6.45) is -0.623. The van der Waals surface area contributed by atoms with Crippen molar-refractivity contribution < 1.29 is 27.8 Å². The fourth-order valence-corrected chi connectivity index (χ4v) is 6.08. The SMILES string of the molecule is NNC(=O)[C@@]1(CCS(=O)(=O)c2ccccc2)N=C(c2ccc(OCCCO)cc2)O[C@H]1c1ccccc1Br. The largest absolute Gasteiger partial charge is 0.494 e. The van der Waals surface area contributed by atoms with Crippen molar-refractivity contribution in [1.82, 2.24) is 5.43 Å². The maximum atomic E-state index is 13.4. The predicted molar refractivity (Wildman–Crippen MR) is 146 cm³/mol. The summed E-state index contributed by atoms with van der Waals surface area (Å²) in [5.41, 5.74) is 1.71. The van der Waals surface area contributed by atoms with Crippen LogP contribution in [0.15, 0.2) is 93.2 Å². The van der Waals surface area contributed by atoms with Crippen molar-refractivity contribution in [2.24, 2.45) is 10.8 Å². The Labute approximate surface area is 229 Å². The smallest absolute Gasteiger partial charge is 0.266 e. The number of amides is 1. The van der Waals surface area contributed by atoms with Gasteiger partial charge in [0, 0.05) is 35.0 Å². The minimum absolute atomic E-state index is 0.0322. The number of benzene rings is 3. The zero-order chi connectivity index (χ0) is 27.2. The second-order valence-corrected chi connectivity index (χ2v) is 11.6. The zero-order valence-electron chi connectivity index (χ0n) is 20.4. The third kappa shape index (κ3) is 5.91. The van der Waals surface area contributed by atoms with E-state index < -0.39 is 27.4 Å². The number of ether oxygens (including phenoxy) is 2. The van der Waals surface area contributed by atoms with E-state index in [1.165, 1.54) is 12.1 Å². The topological polar surface area (TPSA) is 140 Å². The highest BCUT2D eigenvalue weighted by atomic mass is 79.9. The molecule has 1 heterocycles. The van der Waals surface area contributed by atoms with Crippen LogP contribution in [0.2, 0.25) is 0 Å². The van der Waals surface area contributed by atoms with Crippen molar-refractivity contribution in [3.05, 3.63) is 94.5 Å². The summed E-state index contributed by atoms with van der Waals surface area (Å²) in [6.45, 7) is 0.400. The molecular weight excluding hydrogens is 574 g/mol. The van der Waals surface area contributed by atoms with Crippen molar-refractivity contribution in [3.63, 3.8) is 0 Å². The summed E-state index contributed by atoms with van der Waals surface area (Å²) in [7, 11) is -3.73. The van der Waals surface area contributed by atoms with Gasteiger partial charge in [-0.2, -0.15) is 0 Å². The lowest BCUT2D eigenvalue weighted by atomic mass is 9.85. The van der Waals surface area contributed by atoms with E-state index >= 15 is 0 Å². The molecule has 0 aliphatic carbocycles. The van der Waals surface area contributed by atoms with E-state index in [1.54, 1.807) is 60.7 Å². The molecule has 4 rings (SSSR count). The van der Waals surface area contributed by atoms with Gasteiger partial charge in [-0.05, 0) is 42.5 Å². The number of carbonyl (C=O) groups is 1. The lowest BCUT2D eigenvalue weighted by molar-refractivity contribution is -0.129. The van der Waals surface area contributed by atoms with Gasteiger partial charge >= 0.3 is 0 Å². The average Bonchev–Trinajstić information content (AvgIpc) is 3.33. The number of sulfone groups is 1. The molecule has 4 N–H and O–H groups in total. The normalized spacial score (nSPS) is 18.9. The molecule has 9 nitrogen and oxygen atoms in total. The van der Waals surface area contributed by atoms with Gasteiger partial charge in [0.2, 0.25) is 5.90 Å². The molecule has 1 amide bonds. The molecule has 0 radical (unpaired) electrons. The Morgan fingerprint density at radius 1 is 1.08 bits per heavy atom. The number of aliphatic imine (C=N–C) groups is 1. The van der Waals surface area contributed by atoms with Crippen LogP contribution < -0.4 is 16.0 Å². The van der Waals surface area contributed by atoms with Crippen LogP contribution >= 0.6 is 15.9 Å². The van der Waals surface area contributed by atoms with Crippen LogP contribution in [0.4, 0.5) is 0 Å². The molecule has 0 fully saturated rings. The monoisotopic (exact) mass is 601 g/mol. The Bertz CT molecular complexity index is 1400. The van der Waals surface area contributed by atoms with E-state index in [2.05, 4.69) is 21.4 Å². The van der Waals surface area contributed by atoms with E-state index in [9.17, 15) is 13.2 Å². The summed E-state index contributed by atoms with van der Waals surface area (Å²) in [5.74, 6) is 5.36. The number of nitrogens with zero attached hydrogens (tertiary/aromatic N) is 1. The number of halogens is 1. The third-order valence-corrected chi connectivity index (χ3v) is 8.66. The Balaban J connectivity index is 1.73. The molecule has 38 heavy (non-hydrogen) atoms. The Morgan fingerprint density at radius 3 is 2.42 bits per heavy atom. The van der Waals surface area contributed by atoms with Gasteiger partial charge in [0.15, 0.2) is 21.5 Å². The molecule has 3 aromatic carbocycles. The molecule has 1 aliphatic rings. The number of nitrogens with two attached hydrogens (primary N) is 1. The molecule has 0 bridgehead atoms. The number of hydrazine groups is 1. The molecule has 0 aromatic heterocycles. The fraction of sp³-hybridized carbons (Fsp3) is 0.259. The van der Waals surface area contributed by atoms with Crippen LogP contribution in [0, 0.1) is 0 Å². The summed E-state index contributed by atoms with van der Waals surface area (Å²) in [4.78, 5) is 18.2. The first-order valence-corrected chi connectivity index (χ1v) is 14.4. The lowest BCUT2D eigenvalue weighted by Crippen LogP contribution is -2.51. The zero-order valence-corrected chi connectivity index (χ0v) is 22.8. The van der Waals surface area contributed by atoms with E-state index in [0.29, 0.717) is 34.4 Å². The fourth-order valence-electron chi connectivity index (χ4n) is 4.20. The molecule has 2 atom stereocenters. The first-order valence-electron chi connectivity index (χ1n) is 11.9. The standard InChI is InChI=1S/C27H28BrN3O6S/c28-23-10-5-4-9-22(23)24-27(26(33)31-29,15-18-38(34,35)21-7-2-1-3-8-21)30-25(37-24)19-11-13-20(14-12-19)36-17-6-16-32/h1-5,7-14,24,32H,6,15-18,29H2,(H,31,33)/t24-,27-/m0/s1. The Morgan fingerprint density at radius 2 is 1.76 bits per heavy atom. The summed E-state index contributed by atoms with van der Waals surface area (Å²) >= 11 is 3.53. The minimum Gasteiger partial charge on any atom is -0.494 e. The first-order chi connectivity index (χ1) is 18.3. The van der Waals surface area contributed by atoms with Crippen LogP contribution in [0.3, 0.4) is 0 Å². The molecule has 200 valence electrons. The third-order valence-electron chi connectivity index (χ3n) is 6.20. The number of carbonyl (C=O) groups excluding carboxylic acids is 1. The van der Waals surface area contributed by atoms with E-state index in [-0.39, 0.29) is 29.6 Å². The molecule has 0 saturated carbocycles. The average molecular weight is 603 g/mol. The minimum atomic E-state index is -3.73. The second-order valence-electron chi connectivity index (χ2n) is 8.67. The lowest BCUT2D eigenvalue weighted by Gasteiger charge is -2.30. The summed E-state index contributed by atoms with van der Waals surface area (Å²) in [5, 5.41) is 8.95. The van der Waals surface area contributed by atoms with Gasteiger partial charge in [-0.25, -0.2) is 19.3 Å². The molecule has 0 unspecified atom stereocenters. The van der Waals surface area contributed by atoms with Gasteiger partial charge in [-0.1, -0.05) is 52.3 Å². The van der Waals surface area contributed by atoms with Crippen LogP contribution in [0.1, 0.15) is 30.1 Å². The van der Waals surface area contributed by atoms with Crippen LogP contribution in [0.5, 0.6) is 5.75 Å². The van der Waals surface area contributed by atoms with E-state index in [4.69, 9.17) is 25.4 Å². The van der Waals surface area contributed by atoms with Crippen LogP contribution in [0.25, 0.3) is 0 Å². The highest BCUT2D eigenvalue weighted by Gasteiger charge is 2.54. The van der Waals surface area contributed by atoms with Crippen LogP contribution in [-0.4, -0.2) is 49.8 Å². The first kappa shape index (κ1) is 27.8. The maximum absolute atomic E-state index is 13.4. The molecule has 0 saturated heterocycles. The Kier molecular flexibility index (Phi) is 8.83. The van der Waals surface area contributed by atoms with Crippen LogP contribution in [-0.2, 0) is 19.4 Å². The predicted octanol–water partition coefficient (Wildman–Crippen LogP) is 3.32. The van der Waals surface area contributed by atoms with E-state index in [1.807, 2.05) is 6.07 Å². The van der Waals surface area contributed by atoms with Gasteiger partial charge in [0.05, 0.1) is 17.3 Å². The molecular formula is C27H28BrN3O6S. The van der Waals surface area contributed by atoms with Crippen molar-refractivity contribution in [2.45, 2.75) is 29.4 Å². The number of aliphatic hydroxyl groups excluding tert-OH is 1. The maximum Gasteiger partial charge on any atom is 0.266 e. The second kappa shape index (κ2) is 12.1. The summed E-state index contributed by atoms with van der Waals surface area (Å²) < 4.78 is 38.9. The number of aliphatic hydroxyl groups is 1.